The third kappa shape index (κ3) is 2.89. The highest BCUT2D eigenvalue weighted by Crippen LogP contribution is 2.18. The van der Waals surface area contributed by atoms with Crippen molar-refractivity contribution in [1.82, 2.24) is 4.90 Å². The van der Waals surface area contributed by atoms with Gasteiger partial charge >= 0.3 is 0 Å². The molecule has 0 aromatic heterocycles. The summed E-state index contributed by atoms with van der Waals surface area (Å²) in [5.74, 6) is 0.0291. The maximum Gasteiger partial charge on any atom is 0.248 e. The number of hydrogen-bond donors (Lipinski definition) is 1. The SMILES string of the molecule is Cc1ccc(C(N)CN2CCOCC2=O)c(C)c1. The molecular weight excluding hydrogens is 228 g/mol. The largest absolute Gasteiger partial charge is 0.370 e. The minimum absolute atomic E-state index is 0.0291. The number of amides is 1. The van der Waals surface area contributed by atoms with Crippen LogP contribution in [0.4, 0.5) is 0 Å². The summed E-state index contributed by atoms with van der Waals surface area (Å²) in [6.07, 6.45) is 0. The van der Waals surface area contributed by atoms with Crippen molar-refractivity contribution in [2.75, 3.05) is 26.3 Å². The van der Waals surface area contributed by atoms with Crippen molar-refractivity contribution in [1.29, 1.82) is 0 Å². The standard InChI is InChI=1S/C14H20N2O2/c1-10-3-4-12(11(2)7-10)13(15)8-16-5-6-18-9-14(16)17/h3-4,7,13H,5-6,8-9,15H2,1-2H3. The number of benzene rings is 1. The van der Waals surface area contributed by atoms with Crippen molar-refractivity contribution in [3.8, 4) is 0 Å². The van der Waals surface area contributed by atoms with Crippen LogP contribution >= 0.6 is 0 Å². The van der Waals surface area contributed by atoms with E-state index in [4.69, 9.17) is 10.5 Å². The third-order valence-corrected chi connectivity index (χ3v) is 3.33. The molecule has 1 saturated heterocycles. The molecule has 0 bridgehead atoms. The number of carbonyl (C=O) groups excluding carboxylic acids is 1. The summed E-state index contributed by atoms with van der Waals surface area (Å²) in [7, 11) is 0. The monoisotopic (exact) mass is 248 g/mol. The average molecular weight is 248 g/mol. The van der Waals surface area contributed by atoms with Crippen LogP contribution in [-0.4, -0.2) is 37.1 Å². The zero-order valence-electron chi connectivity index (χ0n) is 11.0. The molecule has 1 aromatic carbocycles. The maximum absolute atomic E-state index is 11.6. The summed E-state index contributed by atoms with van der Waals surface area (Å²) < 4.78 is 5.11. The van der Waals surface area contributed by atoms with Crippen LogP contribution in [0.15, 0.2) is 18.2 Å². The molecule has 2 N–H and O–H groups in total. The average Bonchev–Trinajstić information content (AvgIpc) is 2.32. The molecule has 1 atom stereocenters. The normalized spacial score (nSPS) is 17.9. The molecule has 98 valence electrons. The van der Waals surface area contributed by atoms with Gasteiger partial charge in [-0.2, -0.15) is 0 Å². The molecule has 4 nitrogen and oxygen atoms in total. The van der Waals surface area contributed by atoms with E-state index in [1.54, 1.807) is 4.90 Å². The van der Waals surface area contributed by atoms with Crippen molar-refractivity contribution >= 4 is 5.91 Å². The van der Waals surface area contributed by atoms with E-state index in [1.165, 1.54) is 11.1 Å². The van der Waals surface area contributed by atoms with Gasteiger partial charge in [0.2, 0.25) is 5.91 Å². The van der Waals surface area contributed by atoms with Gasteiger partial charge < -0.3 is 15.4 Å². The summed E-state index contributed by atoms with van der Waals surface area (Å²) in [6.45, 7) is 6.10. The number of carbonyl (C=O) groups is 1. The van der Waals surface area contributed by atoms with E-state index in [2.05, 4.69) is 32.0 Å². The minimum Gasteiger partial charge on any atom is -0.370 e. The molecule has 0 saturated carbocycles. The third-order valence-electron chi connectivity index (χ3n) is 3.33. The lowest BCUT2D eigenvalue weighted by Crippen LogP contribution is -2.44. The Morgan fingerprint density at radius 1 is 1.44 bits per heavy atom. The molecule has 18 heavy (non-hydrogen) atoms. The molecule has 2 rings (SSSR count). The van der Waals surface area contributed by atoms with Gasteiger partial charge in [-0.15, -0.1) is 0 Å². The van der Waals surface area contributed by atoms with Gasteiger partial charge in [-0.1, -0.05) is 23.8 Å². The van der Waals surface area contributed by atoms with Crippen LogP contribution in [0.25, 0.3) is 0 Å². The second-order valence-corrected chi connectivity index (χ2v) is 4.86. The van der Waals surface area contributed by atoms with Gasteiger partial charge in [-0.3, -0.25) is 4.79 Å². The van der Waals surface area contributed by atoms with Crippen molar-refractivity contribution in [3.63, 3.8) is 0 Å². The first-order valence-corrected chi connectivity index (χ1v) is 6.26. The second-order valence-electron chi connectivity index (χ2n) is 4.86. The number of nitrogens with two attached hydrogens (primary N) is 1. The molecule has 0 radical (unpaired) electrons. The molecule has 1 unspecified atom stereocenters. The Balaban J connectivity index is 2.06. The van der Waals surface area contributed by atoms with E-state index >= 15 is 0 Å². The van der Waals surface area contributed by atoms with Gasteiger partial charge in [0.1, 0.15) is 6.61 Å². The highest BCUT2D eigenvalue weighted by atomic mass is 16.5. The van der Waals surface area contributed by atoms with Crippen LogP contribution in [0, 0.1) is 13.8 Å². The summed E-state index contributed by atoms with van der Waals surface area (Å²) >= 11 is 0. The van der Waals surface area contributed by atoms with Crippen molar-refractivity contribution in [3.05, 3.63) is 34.9 Å². The Morgan fingerprint density at radius 3 is 2.89 bits per heavy atom. The summed E-state index contributed by atoms with van der Waals surface area (Å²) in [4.78, 5) is 13.4. The Kier molecular flexibility index (Phi) is 3.99. The molecule has 1 heterocycles. The zero-order valence-corrected chi connectivity index (χ0v) is 11.0. The molecular formula is C14H20N2O2. The Hall–Kier alpha value is -1.39. The highest BCUT2D eigenvalue weighted by Gasteiger charge is 2.21. The number of aryl methyl sites for hydroxylation is 2. The molecule has 1 aliphatic rings. The maximum atomic E-state index is 11.6. The molecule has 1 aliphatic heterocycles. The van der Waals surface area contributed by atoms with Gasteiger partial charge in [-0.25, -0.2) is 0 Å². The topological polar surface area (TPSA) is 55.6 Å². The highest BCUT2D eigenvalue weighted by molar-refractivity contribution is 5.78. The minimum atomic E-state index is -0.132. The molecule has 0 spiro atoms. The second kappa shape index (κ2) is 5.50. The molecule has 4 heteroatoms. The van der Waals surface area contributed by atoms with E-state index in [9.17, 15) is 4.79 Å². The number of ether oxygens (including phenoxy) is 1. The number of nitrogens with zero attached hydrogens (tertiary/aromatic N) is 1. The van der Waals surface area contributed by atoms with Gasteiger partial charge in [0.15, 0.2) is 0 Å². The number of rotatable bonds is 3. The lowest BCUT2D eigenvalue weighted by atomic mass is 9.99. The first kappa shape index (κ1) is 13.1. The summed E-state index contributed by atoms with van der Waals surface area (Å²) in [5.41, 5.74) is 9.73. The van der Waals surface area contributed by atoms with Crippen LogP contribution in [0.5, 0.6) is 0 Å². The predicted molar refractivity (Wildman–Crippen MR) is 70.2 cm³/mol. The van der Waals surface area contributed by atoms with Crippen LogP contribution in [0.1, 0.15) is 22.7 Å². The Labute approximate surface area is 108 Å². The van der Waals surface area contributed by atoms with Gasteiger partial charge in [0.05, 0.1) is 6.61 Å². The summed E-state index contributed by atoms with van der Waals surface area (Å²) in [5, 5.41) is 0. The lowest BCUT2D eigenvalue weighted by Gasteiger charge is -2.29. The smallest absolute Gasteiger partial charge is 0.248 e. The van der Waals surface area contributed by atoms with Gasteiger partial charge in [0, 0.05) is 19.1 Å². The Bertz CT molecular complexity index is 445. The van der Waals surface area contributed by atoms with E-state index in [0.29, 0.717) is 19.7 Å². The predicted octanol–water partition coefficient (Wildman–Crippen LogP) is 1.16. The molecule has 1 aromatic rings. The van der Waals surface area contributed by atoms with Gasteiger partial charge in [0.25, 0.3) is 0 Å². The van der Waals surface area contributed by atoms with E-state index in [1.807, 2.05) is 0 Å². The fourth-order valence-corrected chi connectivity index (χ4v) is 2.32. The van der Waals surface area contributed by atoms with E-state index in [0.717, 1.165) is 5.56 Å². The van der Waals surface area contributed by atoms with Crippen molar-refractivity contribution < 1.29 is 9.53 Å². The van der Waals surface area contributed by atoms with Crippen LogP contribution in [0.3, 0.4) is 0 Å². The first-order valence-electron chi connectivity index (χ1n) is 6.26. The molecule has 1 fully saturated rings. The Morgan fingerprint density at radius 2 is 2.22 bits per heavy atom. The van der Waals surface area contributed by atoms with Crippen LogP contribution in [-0.2, 0) is 9.53 Å². The van der Waals surface area contributed by atoms with Crippen LogP contribution < -0.4 is 5.73 Å². The van der Waals surface area contributed by atoms with Crippen LogP contribution in [0.2, 0.25) is 0 Å². The first-order chi connectivity index (χ1) is 8.58. The fraction of sp³-hybridized carbons (Fsp3) is 0.500. The van der Waals surface area contributed by atoms with E-state index < -0.39 is 0 Å². The van der Waals surface area contributed by atoms with E-state index in [-0.39, 0.29) is 18.6 Å². The summed E-state index contributed by atoms with van der Waals surface area (Å²) in [6, 6.07) is 6.10. The fourth-order valence-electron chi connectivity index (χ4n) is 2.32. The lowest BCUT2D eigenvalue weighted by molar-refractivity contribution is -0.142. The van der Waals surface area contributed by atoms with Crippen molar-refractivity contribution in [2.45, 2.75) is 19.9 Å². The zero-order chi connectivity index (χ0) is 13.1. The quantitative estimate of drug-likeness (QED) is 0.873. The van der Waals surface area contributed by atoms with Gasteiger partial charge in [-0.05, 0) is 25.0 Å². The number of hydrogen-bond acceptors (Lipinski definition) is 3. The molecule has 0 aliphatic carbocycles. The van der Waals surface area contributed by atoms with Crippen molar-refractivity contribution in [2.24, 2.45) is 5.73 Å². The number of morpholine rings is 1. The molecule has 1 amide bonds.